The van der Waals surface area contributed by atoms with E-state index in [0.29, 0.717) is 0 Å². The standard InChI is InChI=1S/C19H24N4S/c1-16-6-5-9-18(21-16)22-12-14-23(15-13-22)19(24)20-11-10-17-7-3-2-4-8-17/h2-9H,10-15H2,1H3,(H,20,24). The molecule has 0 radical (unpaired) electrons. The van der Waals surface area contributed by atoms with Crippen molar-refractivity contribution in [2.45, 2.75) is 13.3 Å². The Labute approximate surface area is 149 Å². The Morgan fingerprint density at radius 2 is 1.79 bits per heavy atom. The molecule has 1 fully saturated rings. The van der Waals surface area contributed by atoms with E-state index in [9.17, 15) is 0 Å². The molecule has 0 bridgehead atoms. The zero-order chi connectivity index (χ0) is 16.8. The van der Waals surface area contributed by atoms with Crippen LogP contribution in [0.15, 0.2) is 48.5 Å². The summed E-state index contributed by atoms with van der Waals surface area (Å²) >= 11 is 5.55. The molecule has 0 atom stereocenters. The number of aryl methyl sites for hydroxylation is 1. The molecule has 1 aromatic heterocycles. The number of nitrogens with zero attached hydrogens (tertiary/aromatic N) is 3. The van der Waals surface area contributed by atoms with Gasteiger partial charge in [-0.25, -0.2) is 4.98 Å². The van der Waals surface area contributed by atoms with Crippen LogP contribution in [-0.4, -0.2) is 47.7 Å². The molecule has 3 rings (SSSR count). The van der Waals surface area contributed by atoms with E-state index >= 15 is 0 Å². The van der Waals surface area contributed by atoms with E-state index in [1.54, 1.807) is 0 Å². The SMILES string of the molecule is Cc1cccc(N2CCN(C(=S)NCCc3ccccc3)CC2)n1. The molecule has 0 unspecified atom stereocenters. The molecule has 0 amide bonds. The van der Waals surface area contributed by atoms with Crippen molar-refractivity contribution in [3.8, 4) is 0 Å². The summed E-state index contributed by atoms with van der Waals surface area (Å²) in [5.74, 6) is 1.07. The van der Waals surface area contributed by atoms with Gasteiger partial charge in [0.2, 0.25) is 0 Å². The molecule has 5 heteroatoms. The van der Waals surface area contributed by atoms with E-state index in [0.717, 1.165) is 55.8 Å². The van der Waals surface area contributed by atoms with Gasteiger partial charge in [-0.15, -0.1) is 0 Å². The summed E-state index contributed by atoms with van der Waals surface area (Å²) in [5, 5.41) is 4.25. The molecule has 1 aliphatic rings. The first kappa shape index (κ1) is 16.7. The minimum atomic E-state index is 0.864. The highest BCUT2D eigenvalue weighted by molar-refractivity contribution is 7.80. The van der Waals surface area contributed by atoms with Gasteiger partial charge in [-0.2, -0.15) is 0 Å². The van der Waals surface area contributed by atoms with Crippen LogP contribution in [0.1, 0.15) is 11.3 Å². The zero-order valence-electron chi connectivity index (χ0n) is 14.1. The van der Waals surface area contributed by atoms with Crippen molar-refractivity contribution in [2.75, 3.05) is 37.6 Å². The van der Waals surface area contributed by atoms with Crippen molar-refractivity contribution in [1.82, 2.24) is 15.2 Å². The Morgan fingerprint density at radius 1 is 1.04 bits per heavy atom. The summed E-state index contributed by atoms with van der Waals surface area (Å²) in [6.07, 6.45) is 0.994. The average Bonchev–Trinajstić information content (AvgIpc) is 2.63. The lowest BCUT2D eigenvalue weighted by Gasteiger charge is -2.36. The van der Waals surface area contributed by atoms with Gasteiger partial charge in [-0.1, -0.05) is 36.4 Å². The van der Waals surface area contributed by atoms with Crippen molar-refractivity contribution >= 4 is 23.1 Å². The van der Waals surface area contributed by atoms with Crippen LogP contribution >= 0.6 is 12.2 Å². The zero-order valence-corrected chi connectivity index (χ0v) is 14.9. The molecule has 24 heavy (non-hydrogen) atoms. The number of benzene rings is 1. The fourth-order valence-electron chi connectivity index (χ4n) is 2.91. The average molecular weight is 340 g/mol. The maximum Gasteiger partial charge on any atom is 0.169 e. The van der Waals surface area contributed by atoms with Crippen LogP contribution in [0, 0.1) is 6.92 Å². The number of hydrogen-bond acceptors (Lipinski definition) is 3. The number of piperazine rings is 1. The summed E-state index contributed by atoms with van der Waals surface area (Å²) < 4.78 is 0. The lowest BCUT2D eigenvalue weighted by molar-refractivity contribution is 0.379. The number of aromatic nitrogens is 1. The third kappa shape index (κ3) is 4.45. The molecule has 4 nitrogen and oxygen atoms in total. The van der Waals surface area contributed by atoms with E-state index in [-0.39, 0.29) is 0 Å². The molecule has 0 spiro atoms. The monoisotopic (exact) mass is 340 g/mol. The highest BCUT2D eigenvalue weighted by Gasteiger charge is 2.19. The van der Waals surface area contributed by atoms with E-state index < -0.39 is 0 Å². The van der Waals surface area contributed by atoms with Gasteiger partial charge < -0.3 is 15.1 Å². The number of thiocarbonyl (C=S) groups is 1. The predicted octanol–water partition coefficient (Wildman–Crippen LogP) is 2.63. The minimum absolute atomic E-state index is 0.864. The Kier molecular flexibility index (Phi) is 5.64. The van der Waals surface area contributed by atoms with Gasteiger partial charge in [-0.3, -0.25) is 0 Å². The van der Waals surface area contributed by atoms with Crippen LogP contribution < -0.4 is 10.2 Å². The Bertz CT molecular complexity index is 666. The molecule has 1 saturated heterocycles. The van der Waals surface area contributed by atoms with Crippen LogP contribution in [0.3, 0.4) is 0 Å². The molecule has 126 valence electrons. The lowest BCUT2D eigenvalue weighted by Crippen LogP contribution is -2.52. The number of rotatable bonds is 4. The van der Waals surface area contributed by atoms with Crippen LogP contribution in [0.5, 0.6) is 0 Å². The topological polar surface area (TPSA) is 31.4 Å². The second-order valence-corrected chi connectivity index (χ2v) is 6.47. The third-order valence-corrected chi connectivity index (χ3v) is 4.70. The largest absolute Gasteiger partial charge is 0.362 e. The van der Waals surface area contributed by atoms with Gasteiger partial charge in [0, 0.05) is 38.4 Å². The summed E-state index contributed by atoms with van der Waals surface area (Å²) in [5.41, 5.74) is 2.40. The van der Waals surface area contributed by atoms with Gasteiger partial charge in [0.05, 0.1) is 0 Å². The fraction of sp³-hybridized carbons (Fsp3) is 0.368. The molecular formula is C19H24N4S. The number of hydrogen-bond donors (Lipinski definition) is 1. The maximum atomic E-state index is 5.55. The molecule has 2 heterocycles. The molecule has 0 saturated carbocycles. The third-order valence-electron chi connectivity index (χ3n) is 4.30. The van der Waals surface area contributed by atoms with E-state index in [4.69, 9.17) is 12.2 Å². The Morgan fingerprint density at radius 3 is 2.50 bits per heavy atom. The van der Waals surface area contributed by atoms with Crippen LogP contribution in [-0.2, 0) is 6.42 Å². The minimum Gasteiger partial charge on any atom is -0.362 e. The molecule has 2 aromatic rings. The number of anilines is 1. The predicted molar refractivity (Wildman–Crippen MR) is 104 cm³/mol. The summed E-state index contributed by atoms with van der Waals surface area (Å²) in [6, 6.07) is 16.7. The fourth-order valence-corrected chi connectivity index (χ4v) is 3.20. The van der Waals surface area contributed by atoms with Gasteiger partial charge in [-0.05, 0) is 43.3 Å². The first-order valence-corrected chi connectivity index (χ1v) is 8.88. The highest BCUT2D eigenvalue weighted by Crippen LogP contribution is 2.14. The van der Waals surface area contributed by atoms with Crippen molar-refractivity contribution in [2.24, 2.45) is 0 Å². The second kappa shape index (κ2) is 8.11. The smallest absolute Gasteiger partial charge is 0.169 e. The van der Waals surface area contributed by atoms with E-state index in [1.165, 1.54) is 5.56 Å². The Balaban J connectivity index is 1.43. The quantitative estimate of drug-likeness (QED) is 0.865. The summed E-state index contributed by atoms with van der Waals surface area (Å²) in [6.45, 7) is 6.70. The summed E-state index contributed by atoms with van der Waals surface area (Å²) in [4.78, 5) is 9.19. The normalized spacial score (nSPS) is 14.5. The van der Waals surface area contributed by atoms with Crippen LogP contribution in [0.4, 0.5) is 5.82 Å². The first-order valence-electron chi connectivity index (χ1n) is 8.48. The van der Waals surface area contributed by atoms with Gasteiger partial charge >= 0.3 is 0 Å². The second-order valence-electron chi connectivity index (χ2n) is 6.08. The molecule has 1 aromatic carbocycles. The highest BCUT2D eigenvalue weighted by atomic mass is 32.1. The molecule has 1 aliphatic heterocycles. The van der Waals surface area contributed by atoms with Gasteiger partial charge in [0.25, 0.3) is 0 Å². The van der Waals surface area contributed by atoms with Crippen LogP contribution in [0.2, 0.25) is 0 Å². The van der Waals surface area contributed by atoms with E-state index in [2.05, 4.69) is 56.5 Å². The van der Waals surface area contributed by atoms with Gasteiger partial charge in [0.15, 0.2) is 5.11 Å². The lowest BCUT2D eigenvalue weighted by atomic mass is 10.1. The number of nitrogens with one attached hydrogen (secondary N) is 1. The summed E-state index contributed by atoms with van der Waals surface area (Å²) in [7, 11) is 0. The van der Waals surface area contributed by atoms with Crippen molar-refractivity contribution in [3.63, 3.8) is 0 Å². The van der Waals surface area contributed by atoms with Gasteiger partial charge in [0.1, 0.15) is 5.82 Å². The molecule has 1 N–H and O–H groups in total. The molecule has 0 aliphatic carbocycles. The van der Waals surface area contributed by atoms with Crippen molar-refractivity contribution in [1.29, 1.82) is 0 Å². The first-order chi connectivity index (χ1) is 11.7. The number of pyridine rings is 1. The van der Waals surface area contributed by atoms with Crippen LogP contribution in [0.25, 0.3) is 0 Å². The van der Waals surface area contributed by atoms with Crippen molar-refractivity contribution < 1.29 is 0 Å². The Hall–Kier alpha value is -2.14. The van der Waals surface area contributed by atoms with E-state index in [1.807, 2.05) is 19.1 Å². The van der Waals surface area contributed by atoms with Crippen molar-refractivity contribution in [3.05, 3.63) is 59.8 Å². The maximum absolute atomic E-state index is 5.55. The molecular weight excluding hydrogens is 316 g/mol.